The van der Waals surface area contributed by atoms with Crippen molar-refractivity contribution in [3.63, 3.8) is 0 Å². The molecule has 0 amide bonds. The highest BCUT2D eigenvalue weighted by Gasteiger charge is 2.50. The van der Waals surface area contributed by atoms with E-state index in [0.717, 1.165) is 41.8 Å². The van der Waals surface area contributed by atoms with Crippen molar-refractivity contribution in [1.29, 1.82) is 0 Å². The molecule has 2 fully saturated rings. The molecule has 23 heteroatoms. The van der Waals surface area contributed by atoms with Gasteiger partial charge in [-0.15, -0.1) is 0 Å². The number of β-amino-alcohol motifs (C(OH)–C–C–N with tert-alkyl or cyclic N) is 1. The van der Waals surface area contributed by atoms with Gasteiger partial charge in [-0.1, -0.05) is 18.8 Å². The van der Waals surface area contributed by atoms with Gasteiger partial charge in [0.2, 0.25) is 5.96 Å². The lowest BCUT2D eigenvalue weighted by Gasteiger charge is -2.29. The summed E-state index contributed by atoms with van der Waals surface area (Å²) in [5.74, 6) is 1.01. The molecule has 2 unspecified atom stereocenters. The first-order valence-corrected chi connectivity index (χ1v) is 21.1. The van der Waals surface area contributed by atoms with Crippen molar-refractivity contribution < 1.29 is 47.6 Å². The first-order valence-electron chi connectivity index (χ1n) is 15.8. The van der Waals surface area contributed by atoms with E-state index >= 15 is 0 Å². The molecular weight excluding hydrogens is 736 g/mol. The van der Waals surface area contributed by atoms with Crippen LogP contribution >= 0.6 is 25.8 Å². The first-order chi connectivity index (χ1) is 23.8. The zero-order valence-electron chi connectivity index (χ0n) is 26.5. The van der Waals surface area contributed by atoms with E-state index in [9.17, 15) is 24.6 Å². The van der Waals surface area contributed by atoms with E-state index in [0.29, 0.717) is 24.2 Å². The number of aliphatic hydroxyl groups excluding tert-OH is 2. The van der Waals surface area contributed by atoms with Crippen LogP contribution in [0.4, 0.5) is 11.6 Å². The minimum atomic E-state index is -4.25. The van der Waals surface area contributed by atoms with Gasteiger partial charge in [0.1, 0.15) is 48.0 Å². The van der Waals surface area contributed by atoms with Crippen molar-refractivity contribution in [2.75, 3.05) is 38.2 Å². The normalized spacial score (nSPS) is 28.9. The third kappa shape index (κ3) is 7.12. The maximum absolute atomic E-state index is 11.7. The maximum Gasteiger partial charge on any atom is 0.383 e. The Hall–Kier alpha value is -2.49. The van der Waals surface area contributed by atoms with Crippen LogP contribution in [0.2, 0.25) is 0 Å². The third-order valence-electron chi connectivity index (χ3n) is 8.86. The smallest absolute Gasteiger partial charge is 0.383 e. The number of anilines is 1. The van der Waals surface area contributed by atoms with Gasteiger partial charge in [-0.2, -0.15) is 4.99 Å². The number of fused-ring (bicyclic) bond motifs is 1. The van der Waals surface area contributed by atoms with E-state index < -0.39 is 50.8 Å². The minimum absolute atomic E-state index is 0.0212. The van der Waals surface area contributed by atoms with Crippen molar-refractivity contribution in [2.45, 2.75) is 62.6 Å². The molecule has 0 spiro atoms. The Labute approximate surface area is 296 Å². The summed E-state index contributed by atoms with van der Waals surface area (Å²) < 4.78 is 44.0. The molecule has 3 aromatic heterocycles. The largest absolute Gasteiger partial charge is 0.395 e. The standard InChI is InChI=1S/C27H37N9O10P2S2/c1-14-20-25(33-27(28)34(14)7-8-37)36(13-32-20)26-22(21(38)17(45-26)11-42-47(39,40)49)46-48(41,50)43-10-16-4-5-18(44-16)35-9-15-3-2-6-29-23-19(15)24(35)31-12-30-23/h9,12-13,16-18,21-22,26,37-38H,1-8,10-11H2,(H2,28,33)(H,41,50)(H,29,30,31)(H2,39,40,49)/t16-,17+,18+,21+,22+,26+,48?/m0/s1. The van der Waals surface area contributed by atoms with Gasteiger partial charge in [0, 0.05) is 19.3 Å². The van der Waals surface area contributed by atoms with Gasteiger partial charge >= 0.3 is 13.5 Å². The fourth-order valence-corrected chi connectivity index (χ4v) is 8.54. The van der Waals surface area contributed by atoms with Crippen molar-refractivity contribution in [3.8, 4) is 0 Å². The average molecular weight is 774 g/mol. The van der Waals surface area contributed by atoms with E-state index in [-0.39, 0.29) is 37.8 Å². The number of aromatic nitrogens is 5. The van der Waals surface area contributed by atoms with E-state index in [1.54, 1.807) is 0 Å². The van der Waals surface area contributed by atoms with Crippen LogP contribution in [0.3, 0.4) is 0 Å². The Kier molecular flexibility index (Phi) is 10.2. The molecule has 0 aromatic carbocycles. The summed E-state index contributed by atoms with van der Waals surface area (Å²) in [5.41, 5.74) is 8.73. The summed E-state index contributed by atoms with van der Waals surface area (Å²) in [4.78, 5) is 40.0. The molecule has 50 heavy (non-hydrogen) atoms. The fraction of sp³-hybridized carbons (Fsp3) is 0.556. The lowest BCUT2D eigenvalue weighted by atomic mass is 10.1. The number of hydrogen-bond donors (Lipinski definition) is 7. The molecule has 0 saturated carbocycles. The highest BCUT2D eigenvalue weighted by atomic mass is 32.7. The number of aliphatic imine (C=N–C) groups is 1. The second-order valence-electron chi connectivity index (χ2n) is 12.1. The molecule has 0 bridgehead atoms. The second-order valence-corrected chi connectivity index (χ2v) is 17.6. The number of aliphatic hydroxyl groups is 2. The number of imidazole rings is 1. The van der Waals surface area contributed by atoms with Gasteiger partial charge in [0.15, 0.2) is 12.0 Å². The molecule has 4 aliphatic heterocycles. The van der Waals surface area contributed by atoms with Gasteiger partial charge in [0.05, 0.1) is 43.3 Å². The maximum atomic E-state index is 11.7. The van der Waals surface area contributed by atoms with Gasteiger partial charge in [-0.3, -0.25) is 13.6 Å². The quantitative estimate of drug-likeness (QED) is 0.102. The number of guanidine groups is 1. The molecule has 7 rings (SSSR count). The molecule has 0 aliphatic carbocycles. The molecule has 7 heterocycles. The van der Waals surface area contributed by atoms with Crippen molar-refractivity contribution in [3.05, 3.63) is 36.7 Å². The summed E-state index contributed by atoms with van der Waals surface area (Å²) in [6.07, 6.45) is 1.89. The number of nitrogens with two attached hydrogens (primary N) is 1. The van der Waals surface area contributed by atoms with E-state index in [1.165, 1.54) is 22.1 Å². The summed E-state index contributed by atoms with van der Waals surface area (Å²) >= 11 is 8.90. The lowest BCUT2D eigenvalue weighted by Crippen LogP contribution is -2.39. The van der Waals surface area contributed by atoms with Crippen molar-refractivity contribution in [2.24, 2.45) is 10.7 Å². The predicted octanol–water partition coefficient (Wildman–Crippen LogP) is 1.51. The number of nitrogens with one attached hydrogen (secondary N) is 1. The second kappa shape index (κ2) is 14.1. The molecule has 272 valence electrons. The van der Waals surface area contributed by atoms with Gasteiger partial charge in [0.25, 0.3) is 0 Å². The minimum Gasteiger partial charge on any atom is -0.395 e. The Morgan fingerprint density at radius 3 is 2.78 bits per heavy atom. The molecule has 19 nitrogen and oxygen atoms in total. The number of ether oxygens (including phenoxy) is 2. The number of rotatable bonds is 12. The zero-order valence-corrected chi connectivity index (χ0v) is 30.0. The van der Waals surface area contributed by atoms with Gasteiger partial charge in [-0.05, 0) is 43.1 Å². The van der Waals surface area contributed by atoms with Crippen molar-refractivity contribution in [1.82, 2.24) is 29.0 Å². The average Bonchev–Trinajstić information content (AvgIpc) is 3.82. The number of nitrogens with zero attached hydrogens (tertiary/aromatic N) is 7. The summed E-state index contributed by atoms with van der Waals surface area (Å²) in [7, 11) is 0. The zero-order chi connectivity index (χ0) is 35.4. The molecule has 7 N–H and O–H groups in total. The van der Waals surface area contributed by atoms with Crippen LogP contribution in [-0.4, -0.2) is 112 Å². The van der Waals surface area contributed by atoms with Crippen LogP contribution in [-0.2, 0) is 45.8 Å². The summed E-state index contributed by atoms with van der Waals surface area (Å²) in [6.45, 7) is -4.24. The highest BCUT2D eigenvalue weighted by molar-refractivity contribution is 8.44. The van der Waals surface area contributed by atoms with Crippen LogP contribution in [0.5, 0.6) is 0 Å². The van der Waals surface area contributed by atoms with Gasteiger partial charge < -0.3 is 54.5 Å². The Bertz CT molecular complexity index is 1910. The van der Waals surface area contributed by atoms with Crippen LogP contribution in [0, 0.1) is 0 Å². The molecular formula is C27H37N9O10P2S2. The SMILES string of the molecule is C=C1c2ncn([C@@H]3O[C@H](COP(=O)(O)S)[C@@H](O)[C@H]3OP(O)(=S)OC[C@@H]3CC[C@H](n4cc5c6c(ncnc64)NCCC5)O3)c2N=C(N)N1CCO. The van der Waals surface area contributed by atoms with Crippen molar-refractivity contribution >= 4 is 71.9 Å². The van der Waals surface area contributed by atoms with E-state index in [1.807, 2.05) is 4.57 Å². The third-order valence-corrected chi connectivity index (χ3v) is 11.2. The first kappa shape index (κ1) is 35.9. The molecule has 3 aromatic rings. The molecule has 8 atom stereocenters. The van der Waals surface area contributed by atoms with Crippen LogP contribution in [0.1, 0.15) is 43.0 Å². The Morgan fingerprint density at radius 1 is 1.18 bits per heavy atom. The van der Waals surface area contributed by atoms with E-state index in [4.69, 9.17) is 40.6 Å². The molecule has 2 saturated heterocycles. The number of aryl methyl sites for hydroxylation is 1. The van der Waals surface area contributed by atoms with E-state index in [2.05, 4.69) is 50.3 Å². The lowest BCUT2D eigenvalue weighted by molar-refractivity contribution is -0.0493. The predicted molar refractivity (Wildman–Crippen MR) is 186 cm³/mol. The topological polar surface area (TPSA) is 246 Å². The fourth-order valence-electron chi connectivity index (χ4n) is 6.57. The summed E-state index contributed by atoms with van der Waals surface area (Å²) in [6, 6.07) is 0. The highest BCUT2D eigenvalue weighted by Crippen LogP contribution is 2.52. The molecule has 4 aliphatic rings. The van der Waals surface area contributed by atoms with Crippen LogP contribution in [0.25, 0.3) is 16.7 Å². The Balaban J connectivity index is 1.06. The Morgan fingerprint density at radius 2 is 2.00 bits per heavy atom. The monoisotopic (exact) mass is 773 g/mol. The number of thiol groups is 1. The molecule has 0 radical (unpaired) electrons. The van der Waals surface area contributed by atoms with Gasteiger partial charge in [-0.25, -0.2) is 19.5 Å². The van der Waals surface area contributed by atoms with Crippen LogP contribution in [0.15, 0.2) is 30.4 Å². The summed E-state index contributed by atoms with van der Waals surface area (Å²) in [5, 5.41) is 25.1. The number of hydrogen-bond acceptors (Lipinski definition) is 16. The van der Waals surface area contributed by atoms with Crippen LogP contribution < -0.4 is 11.1 Å².